The van der Waals surface area contributed by atoms with Gasteiger partial charge in [-0.15, -0.1) is 0 Å². The average Bonchev–Trinajstić information content (AvgIpc) is 3.71. The first-order chi connectivity index (χ1) is 24.1. The normalized spacial score (nSPS) is 13.2. The Kier molecular flexibility index (Phi) is 7.52. The fourth-order valence-electron chi connectivity index (χ4n) is 6.18. The smallest absolute Gasteiger partial charge is 0.268 e. The summed E-state index contributed by atoms with van der Waals surface area (Å²) in [6.45, 7) is 17.3. The minimum absolute atomic E-state index is 0.0101. The summed E-state index contributed by atoms with van der Waals surface area (Å²) in [6, 6.07) is 26.6. The zero-order valence-corrected chi connectivity index (χ0v) is 29.6. The summed E-state index contributed by atoms with van der Waals surface area (Å²) in [5.41, 5.74) is 6.98. The minimum atomic E-state index is -1.50. The van der Waals surface area contributed by atoms with E-state index in [1.807, 2.05) is 71.8 Å². The Labute approximate surface area is 292 Å². The Morgan fingerprint density at radius 2 is 1.55 bits per heavy atom. The molecule has 4 heterocycles. The molecule has 7 rings (SSSR count). The molecule has 0 atom stereocenters. The van der Waals surface area contributed by atoms with Gasteiger partial charge in [-0.05, 0) is 88.3 Å². The number of benzene rings is 3. The predicted molar refractivity (Wildman–Crippen MR) is 199 cm³/mol. The molecule has 0 aliphatic heterocycles. The number of para-hydroxylation sites is 1. The van der Waals surface area contributed by atoms with Crippen molar-refractivity contribution in [3.8, 4) is 28.7 Å². The van der Waals surface area contributed by atoms with Gasteiger partial charge in [0, 0.05) is 44.4 Å². The van der Waals surface area contributed by atoms with Gasteiger partial charge in [-0.25, -0.2) is 4.98 Å². The monoisotopic (exact) mass is 649 g/mol. The van der Waals surface area contributed by atoms with E-state index in [4.69, 9.17) is 12.5 Å². The Balaban J connectivity index is 1.23. The summed E-state index contributed by atoms with van der Waals surface area (Å²) >= 11 is 0. The summed E-state index contributed by atoms with van der Waals surface area (Å²) in [6.07, 6.45) is 11.2. The summed E-state index contributed by atoms with van der Waals surface area (Å²) in [4.78, 5) is 9.22. The molecule has 0 amide bonds. The second-order valence-electron chi connectivity index (χ2n) is 15.1. The number of pyridine rings is 2. The lowest BCUT2D eigenvalue weighted by Crippen LogP contribution is -2.30. The number of ether oxygens (including phenoxy) is 1. The van der Waals surface area contributed by atoms with E-state index in [0.717, 1.165) is 33.2 Å². The Bertz CT molecular complexity index is 2360. The van der Waals surface area contributed by atoms with Gasteiger partial charge in [0.2, 0.25) is 0 Å². The largest absolute Gasteiger partial charge is 0.456 e. The van der Waals surface area contributed by atoms with Crippen LogP contribution in [0.15, 0.2) is 110 Å². The van der Waals surface area contributed by atoms with Crippen LogP contribution in [0.3, 0.4) is 0 Å². The van der Waals surface area contributed by atoms with Crippen LogP contribution in [-0.2, 0) is 17.2 Å². The maximum Gasteiger partial charge on any atom is 0.268 e. The molecule has 248 valence electrons. The molecule has 49 heavy (non-hydrogen) atoms. The van der Waals surface area contributed by atoms with Crippen LogP contribution in [0.2, 0.25) is 0 Å². The fraction of sp³-hybridized carbons (Fsp3) is 0.279. The van der Waals surface area contributed by atoms with Crippen LogP contribution in [0.4, 0.5) is 0 Å². The molecule has 6 heteroatoms. The third-order valence-electron chi connectivity index (χ3n) is 8.80. The molecule has 0 aliphatic carbocycles. The van der Waals surface area contributed by atoms with E-state index < -0.39 is 6.37 Å². The van der Waals surface area contributed by atoms with Crippen LogP contribution in [0.25, 0.3) is 39.0 Å². The van der Waals surface area contributed by atoms with E-state index in [-0.39, 0.29) is 16.7 Å². The van der Waals surface area contributed by atoms with Gasteiger partial charge in [0.25, 0.3) is 6.33 Å². The molecule has 6 nitrogen and oxygen atoms in total. The highest BCUT2D eigenvalue weighted by Crippen LogP contribution is 2.35. The molecule has 0 saturated carbocycles. The van der Waals surface area contributed by atoms with Crippen LogP contribution in [0, 0.1) is 12.2 Å². The van der Waals surface area contributed by atoms with Crippen molar-refractivity contribution in [3.05, 3.63) is 133 Å². The molecule has 7 aromatic rings. The second kappa shape index (κ2) is 12.3. The average molecular weight is 650 g/mol. The van der Waals surface area contributed by atoms with Gasteiger partial charge in [0.05, 0.1) is 28.6 Å². The van der Waals surface area contributed by atoms with Crippen LogP contribution >= 0.6 is 0 Å². The lowest BCUT2D eigenvalue weighted by atomic mass is 9.80. The summed E-state index contributed by atoms with van der Waals surface area (Å²) < 4.78 is 29.9. The summed E-state index contributed by atoms with van der Waals surface area (Å²) in [5, 5.41) is 2.14. The standard InChI is InChI=1S/C43H45N5O/c1-29(2)19-30-15-16-45-41(20-30)48-39-12-10-9-11-37(39)38-14-13-35(25-40(38)48)49-36-24-34(26-44-27-36)47-18-17-46(28-47)33-22-31(42(3,4)5)21-32(23-33)43(6,7)8/h9-18,20-27,29H,19H2,1-8H3/i19D2. The van der Waals surface area contributed by atoms with Crippen molar-refractivity contribution in [2.75, 3.05) is 0 Å². The van der Waals surface area contributed by atoms with E-state index >= 15 is 0 Å². The molecule has 0 radical (unpaired) electrons. The number of fused-ring (bicyclic) bond motifs is 3. The van der Waals surface area contributed by atoms with E-state index in [1.54, 1.807) is 24.7 Å². The lowest BCUT2D eigenvalue weighted by Gasteiger charge is -2.26. The third-order valence-corrected chi connectivity index (χ3v) is 8.80. The van der Waals surface area contributed by atoms with Crippen molar-refractivity contribution < 1.29 is 12.0 Å². The molecule has 3 aromatic carbocycles. The Morgan fingerprint density at radius 3 is 2.29 bits per heavy atom. The van der Waals surface area contributed by atoms with Crippen molar-refractivity contribution in [1.29, 1.82) is 0 Å². The maximum absolute atomic E-state index is 8.71. The van der Waals surface area contributed by atoms with Crippen molar-refractivity contribution in [3.63, 3.8) is 0 Å². The van der Waals surface area contributed by atoms with Crippen molar-refractivity contribution >= 4 is 21.8 Å². The Hall–Kier alpha value is -5.23. The number of aromatic nitrogens is 5. The van der Waals surface area contributed by atoms with E-state index in [1.165, 1.54) is 11.1 Å². The number of rotatable bonds is 7. The molecule has 0 saturated heterocycles. The number of hydrogen-bond acceptors (Lipinski definition) is 3. The van der Waals surface area contributed by atoms with E-state index in [0.29, 0.717) is 22.9 Å². The predicted octanol–water partition coefficient (Wildman–Crippen LogP) is 10.0. The SMILES string of the molecule is [2H]C([2H])(c1ccnc(-n2c3ccccc3c3ccc(Oc4cncc(-n5[c-][n+](-c6cc(C(C)(C)C)cc(C(C)(C)C)c6)cc5)c4)cc32)c1)C(C)C. The van der Waals surface area contributed by atoms with Gasteiger partial charge < -0.3 is 4.74 Å². The molecule has 0 N–H and O–H groups in total. The number of nitrogens with zero attached hydrogens (tertiary/aromatic N) is 5. The van der Waals surface area contributed by atoms with E-state index in [2.05, 4.69) is 93.8 Å². The van der Waals surface area contributed by atoms with Crippen molar-refractivity contribution in [2.24, 2.45) is 5.92 Å². The van der Waals surface area contributed by atoms with Gasteiger partial charge in [-0.3, -0.25) is 18.7 Å². The lowest BCUT2D eigenvalue weighted by molar-refractivity contribution is -0.599. The minimum Gasteiger partial charge on any atom is -0.456 e. The van der Waals surface area contributed by atoms with Crippen LogP contribution in [0.5, 0.6) is 11.5 Å². The molecule has 0 unspecified atom stereocenters. The molecule has 0 fully saturated rings. The molecule has 0 aliphatic rings. The molecular formula is C43H45N5O. The van der Waals surface area contributed by atoms with Crippen LogP contribution in [-0.4, -0.2) is 19.1 Å². The molecule has 4 aromatic heterocycles. The van der Waals surface area contributed by atoms with Crippen molar-refractivity contribution in [1.82, 2.24) is 19.1 Å². The number of hydrogen-bond donors (Lipinski definition) is 0. The molecule has 0 bridgehead atoms. The number of imidazole rings is 1. The van der Waals surface area contributed by atoms with Crippen LogP contribution < -0.4 is 9.30 Å². The first-order valence-corrected chi connectivity index (χ1v) is 16.9. The quantitative estimate of drug-likeness (QED) is 0.128. The fourth-order valence-corrected chi connectivity index (χ4v) is 6.18. The third kappa shape index (κ3) is 6.60. The van der Waals surface area contributed by atoms with Crippen LogP contribution in [0.1, 0.15) is 74.8 Å². The van der Waals surface area contributed by atoms with Gasteiger partial charge >= 0.3 is 0 Å². The Morgan fingerprint density at radius 1 is 0.816 bits per heavy atom. The highest BCUT2D eigenvalue weighted by molar-refractivity contribution is 6.09. The molecule has 0 spiro atoms. The maximum atomic E-state index is 8.71. The van der Waals surface area contributed by atoms with Gasteiger partial charge in [-0.1, -0.05) is 79.7 Å². The zero-order chi connectivity index (χ0) is 36.3. The van der Waals surface area contributed by atoms with Gasteiger partial charge in [0.15, 0.2) is 0 Å². The van der Waals surface area contributed by atoms with E-state index in [9.17, 15) is 0 Å². The second-order valence-corrected chi connectivity index (χ2v) is 15.1. The summed E-state index contributed by atoms with van der Waals surface area (Å²) in [5.74, 6) is 1.71. The zero-order valence-electron chi connectivity index (χ0n) is 31.6. The first-order valence-electron chi connectivity index (χ1n) is 17.9. The summed E-state index contributed by atoms with van der Waals surface area (Å²) in [7, 11) is 0. The van der Waals surface area contributed by atoms with Gasteiger partial charge in [-0.2, -0.15) is 0 Å². The van der Waals surface area contributed by atoms with Crippen molar-refractivity contribution in [2.45, 2.75) is 72.6 Å². The van der Waals surface area contributed by atoms with Gasteiger partial charge in [0.1, 0.15) is 17.3 Å². The topological polar surface area (TPSA) is 48.8 Å². The molecular weight excluding hydrogens is 603 g/mol. The first kappa shape index (κ1) is 29.9. The highest BCUT2D eigenvalue weighted by atomic mass is 16.5. The highest BCUT2D eigenvalue weighted by Gasteiger charge is 2.21.